The second kappa shape index (κ2) is 9.30. The first-order chi connectivity index (χ1) is 15.3. The Balaban J connectivity index is 1.51. The van der Waals surface area contributed by atoms with E-state index in [1.807, 2.05) is 0 Å². The van der Waals surface area contributed by atoms with Gasteiger partial charge in [0.1, 0.15) is 17.3 Å². The van der Waals surface area contributed by atoms with Gasteiger partial charge in [-0.25, -0.2) is 12.8 Å². The molecule has 1 atom stereocenters. The number of hydrogen-bond donors (Lipinski definition) is 0. The lowest BCUT2D eigenvalue weighted by Gasteiger charge is -2.20. The highest BCUT2D eigenvalue weighted by molar-refractivity contribution is 7.91. The number of amides is 1. The summed E-state index contributed by atoms with van der Waals surface area (Å²) in [5.41, 5.74) is 0.955. The van der Waals surface area contributed by atoms with E-state index in [0.717, 1.165) is 0 Å². The van der Waals surface area contributed by atoms with Crippen LogP contribution < -0.4 is 4.74 Å². The van der Waals surface area contributed by atoms with E-state index in [4.69, 9.17) is 16.3 Å². The minimum absolute atomic E-state index is 0.102. The molecule has 1 aliphatic heterocycles. The summed E-state index contributed by atoms with van der Waals surface area (Å²) < 4.78 is 44.6. The summed E-state index contributed by atoms with van der Waals surface area (Å²) in [6.45, 7) is 0.391. The summed E-state index contributed by atoms with van der Waals surface area (Å²) in [5, 5.41) is -0.339. The SMILES string of the molecule is O=C(c1cccc(Oc2ccc(F)cc2)c1)N1CCC(c2ccccc2Cl)S(=O)(=O)CC1. The van der Waals surface area contributed by atoms with E-state index in [1.54, 1.807) is 53.4 Å². The summed E-state index contributed by atoms with van der Waals surface area (Å²) in [7, 11) is -3.47. The number of nitrogens with zero attached hydrogens (tertiary/aromatic N) is 1. The van der Waals surface area contributed by atoms with E-state index in [0.29, 0.717) is 27.6 Å². The first kappa shape index (κ1) is 22.3. The number of halogens is 2. The van der Waals surface area contributed by atoms with Gasteiger partial charge in [0.2, 0.25) is 0 Å². The monoisotopic (exact) mass is 473 g/mol. The van der Waals surface area contributed by atoms with E-state index >= 15 is 0 Å². The number of hydrogen-bond acceptors (Lipinski definition) is 4. The molecule has 3 aromatic rings. The number of benzene rings is 3. The smallest absolute Gasteiger partial charge is 0.254 e. The molecule has 1 aliphatic rings. The Hall–Kier alpha value is -2.90. The highest BCUT2D eigenvalue weighted by atomic mass is 35.5. The molecule has 1 amide bonds. The molecule has 3 aromatic carbocycles. The van der Waals surface area contributed by atoms with Gasteiger partial charge in [0.15, 0.2) is 9.84 Å². The van der Waals surface area contributed by atoms with Crippen LogP contribution in [0.25, 0.3) is 0 Å². The van der Waals surface area contributed by atoms with Gasteiger partial charge in [-0.2, -0.15) is 0 Å². The van der Waals surface area contributed by atoms with Crippen molar-refractivity contribution < 1.29 is 22.3 Å². The minimum Gasteiger partial charge on any atom is -0.457 e. The van der Waals surface area contributed by atoms with Gasteiger partial charge in [-0.05, 0) is 60.5 Å². The normalized spacial score (nSPS) is 18.1. The fourth-order valence-electron chi connectivity index (χ4n) is 3.75. The summed E-state index contributed by atoms with van der Waals surface area (Å²) >= 11 is 6.25. The van der Waals surface area contributed by atoms with Gasteiger partial charge >= 0.3 is 0 Å². The van der Waals surface area contributed by atoms with E-state index < -0.39 is 15.1 Å². The van der Waals surface area contributed by atoms with Crippen LogP contribution in [0.2, 0.25) is 5.02 Å². The number of carbonyl (C=O) groups is 1. The number of sulfone groups is 1. The van der Waals surface area contributed by atoms with Crippen molar-refractivity contribution in [3.8, 4) is 11.5 Å². The zero-order chi connectivity index (χ0) is 22.7. The standard InChI is InChI=1S/C24H21ClFNO4S/c25-22-7-2-1-6-21(22)23-12-13-27(14-15-32(23,29)30)24(28)17-4-3-5-20(16-17)31-19-10-8-18(26)9-11-19/h1-11,16,23H,12-15H2. The van der Waals surface area contributed by atoms with Crippen LogP contribution >= 0.6 is 11.6 Å². The Morgan fingerprint density at radius 3 is 2.47 bits per heavy atom. The van der Waals surface area contributed by atoms with Crippen molar-refractivity contribution in [3.05, 3.63) is 94.8 Å². The van der Waals surface area contributed by atoms with Crippen molar-refractivity contribution in [2.24, 2.45) is 0 Å². The molecule has 1 fully saturated rings. The van der Waals surface area contributed by atoms with Crippen LogP contribution in [0.3, 0.4) is 0 Å². The molecule has 0 N–H and O–H groups in total. The zero-order valence-electron chi connectivity index (χ0n) is 17.1. The fourth-order valence-corrected chi connectivity index (χ4v) is 5.89. The molecule has 1 heterocycles. The van der Waals surface area contributed by atoms with Gasteiger partial charge in [-0.1, -0.05) is 35.9 Å². The van der Waals surface area contributed by atoms with Crippen LogP contribution in [0, 0.1) is 5.82 Å². The average molecular weight is 474 g/mol. The van der Waals surface area contributed by atoms with E-state index in [1.165, 1.54) is 24.3 Å². The second-order valence-corrected chi connectivity index (χ2v) is 10.3. The predicted molar refractivity (Wildman–Crippen MR) is 121 cm³/mol. The molecule has 8 heteroatoms. The van der Waals surface area contributed by atoms with E-state index in [9.17, 15) is 17.6 Å². The quantitative estimate of drug-likeness (QED) is 0.517. The zero-order valence-corrected chi connectivity index (χ0v) is 18.7. The Labute approximate surface area is 191 Å². The first-order valence-electron chi connectivity index (χ1n) is 10.1. The van der Waals surface area contributed by atoms with Crippen molar-refractivity contribution in [1.29, 1.82) is 0 Å². The van der Waals surface area contributed by atoms with Gasteiger partial charge in [0.05, 0.1) is 11.0 Å². The molecular formula is C24H21ClFNO4S. The predicted octanol–water partition coefficient (Wildman–Crippen LogP) is 5.27. The fraction of sp³-hybridized carbons (Fsp3) is 0.208. The van der Waals surface area contributed by atoms with Crippen molar-refractivity contribution in [3.63, 3.8) is 0 Å². The van der Waals surface area contributed by atoms with E-state index in [2.05, 4.69) is 0 Å². The van der Waals surface area contributed by atoms with Crippen molar-refractivity contribution >= 4 is 27.3 Å². The van der Waals surface area contributed by atoms with Crippen LogP contribution in [0.5, 0.6) is 11.5 Å². The molecular weight excluding hydrogens is 453 g/mol. The molecule has 5 nitrogen and oxygen atoms in total. The van der Waals surface area contributed by atoms with Gasteiger partial charge in [-0.15, -0.1) is 0 Å². The molecule has 1 unspecified atom stereocenters. The molecule has 1 saturated heterocycles. The van der Waals surface area contributed by atoms with Gasteiger partial charge in [0.25, 0.3) is 5.91 Å². The lowest BCUT2D eigenvalue weighted by molar-refractivity contribution is 0.0766. The highest BCUT2D eigenvalue weighted by Crippen LogP contribution is 2.34. The van der Waals surface area contributed by atoms with Crippen LogP contribution in [0.1, 0.15) is 27.6 Å². The molecule has 32 heavy (non-hydrogen) atoms. The highest BCUT2D eigenvalue weighted by Gasteiger charge is 2.34. The maximum atomic E-state index is 13.1. The first-order valence-corrected chi connectivity index (χ1v) is 12.2. The molecule has 0 radical (unpaired) electrons. The molecule has 0 spiro atoms. The number of rotatable bonds is 4. The van der Waals surface area contributed by atoms with E-state index in [-0.39, 0.29) is 37.0 Å². The number of ether oxygens (including phenoxy) is 1. The lowest BCUT2D eigenvalue weighted by atomic mass is 10.1. The maximum absolute atomic E-state index is 13.1. The Kier molecular flexibility index (Phi) is 6.48. The third kappa shape index (κ3) is 4.95. The summed E-state index contributed by atoms with van der Waals surface area (Å²) in [5.74, 6) is 0.0933. The van der Waals surface area contributed by atoms with Crippen LogP contribution in [0.15, 0.2) is 72.8 Å². The molecule has 0 bridgehead atoms. The summed E-state index contributed by atoms with van der Waals surface area (Å²) in [6.07, 6.45) is 0.267. The molecule has 0 aliphatic carbocycles. The Morgan fingerprint density at radius 2 is 1.72 bits per heavy atom. The van der Waals surface area contributed by atoms with Crippen LogP contribution in [-0.4, -0.2) is 38.1 Å². The van der Waals surface area contributed by atoms with Crippen molar-refractivity contribution in [2.45, 2.75) is 11.7 Å². The molecule has 166 valence electrons. The van der Waals surface area contributed by atoms with Gasteiger partial charge in [0, 0.05) is 23.7 Å². The van der Waals surface area contributed by atoms with Crippen molar-refractivity contribution in [1.82, 2.24) is 4.90 Å². The van der Waals surface area contributed by atoms with Crippen LogP contribution in [0.4, 0.5) is 4.39 Å². The maximum Gasteiger partial charge on any atom is 0.254 e. The number of carbonyl (C=O) groups excluding carboxylic acids is 1. The molecule has 4 rings (SSSR count). The second-order valence-electron chi connectivity index (χ2n) is 7.54. The van der Waals surface area contributed by atoms with Gasteiger partial charge < -0.3 is 9.64 Å². The Bertz CT molecular complexity index is 1230. The minimum atomic E-state index is -3.47. The largest absolute Gasteiger partial charge is 0.457 e. The third-order valence-corrected chi connectivity index (χ3v) is 7.86. The molecule has 0 aromatic heterocycles. The summed E-state index contributed by atoms with van der Waals surface area (Å²) in [6, 6.07) is 19.1. The average Bonchev–Trinajstić information content (AvgIpc) is 2.93. The van der Waals surface area contributed by atoms with Gasteiger partial charge in [-0.3, -0.25) is 4.79 Å². The lowest BCUT2D eigenvalue weighted by Crippen LogP contribution is -2.33. The van der Waals surface area contributed by atoms with Crippen LogP contribution in [-0.2, 0) is 9.84 Å². The topological polar surface area (TPSA) is 63.7 Å². The third-order valence-electron chi connectivity index (χ3n) is 5.41. The summed E-state index contributed by atoms with van der Waals surface area (Å²) in [4.78, 5) is 14.7. The van der Waals surface area contributed by atoms with Crippen molar-refractivity contribution in [2.75, 3.05) is 18.8 Å². The Morgan fingerprint density at radius 1 is 0.969 bits per heavy atom. The molecule has 0 saturated carbocycles.